The molecule has 2 aliphatic rings. The van der Waals surface area contributed by atoms with E-state index in [0.717, 1.165) is 55.3 Å². The smallest absolute Gasteiger partial charge is 0.323 e. The molecule has 0 radical (unpaired) electrons. The van der Waals surface area contributed by atoms with Gasteiger partial charge in [-0.15, -0.1) is 22.7 Å². The number of carboxylic acid groups (broad SMARTS) is 3. The summed E-state index contributed by atoms with van der Waals surface area (Å²) in [6.45, 7) is -0.196. The number of halogens is 1. The van der Waals surface area contributed by atoms with Crippen molar-refractivity contribution in [3.05, 3.63) is 74.2 Å². The lowest BCUT2D eigenvalue weighted by Crippen LogP contribution is -2.33. The van der Waals surface area contributed by atoms with Crippen molar-refractivity contribution in [2.45, 2.75) is 24.9 Å². The summed E-state index contributed by atoms with van der Waals surface area (Å²) in [5, 5.41) is 28.8. The Morgan fingerprint density at radius 1 is 0.867 bits per heavy atom. The monoisotopic (exact) mass is 710 g/mol. The SMILES string of the molecule is CCN1C(=O)/C(=c2/s/c(=c3\sc(=CC=C4Sc5ccc(F)cc5N4CC(=O)O)c(=O)n3CC(=O)O)c(=O)n2CC(=O)O)SC1=S. The number of hydrogen-bond donors (Lipinski definition) is 3. The molecule has 3 aromatic rings. The minimum Gasteiger partial charge on any atom is -0.480 e. The number of nitrogens with zero attached hydrogens (tertiary/aromatic N) is 4. The van der Waals surface area contributed by atoms with Crippen LogP contribution in [0.2, 0.25) is 0 Å². The third kappa shape index (κ3) is 6.25. The normalized spacial score (nSPS) is 17.9. The molecule has 1 saturated heterocycles. The van der Waals surface area contributed by atoms with Gasteiger partial charge in [0.2, 0.25) is 0 Å². The lowest BCUT2D eigenvalue weighted by atomic mass is 10.3. The molecule has 0 bridgehead atoms. The van der Waals surface area contributed by atoms with Crippen molar-refractivity contribution >= 4 is 103 Å². The number of rotatable bonds is 8. The third-order valence-corrected chi connectivity index (χ3v) is 11.5. The number of carbonyl (C=O) groups excluding carboxylic acids is 1. The van der Waals surface area contributed by atoms with Gasteiger partial charge in [-0.3, -0.25) is 42.8 Å². The standard InChI is InChI=1S/C26H19FN4O9S5/c1-2-28-22(39)20(45-26(28)41)25-31(10-18(36)37)23(40)19(44-25)24-30(9-17(34)35)21(38)14(43-24)5-6-15-29(8-16(32)33)12-7-11(27)3-4-13(12)42-15/h3-7H,2,8-10H2,1H3,(H,32,33)(H,34,35)(H,36,37)/b14-5?,15-6?,24-19-,25-20-. The molecule has 13 nitrogen and oxygen atoms in total. The predicted octanol–water partition coefficient (Wildman–Crippen LogP) is 1.04. The van der Waals surface area contributed by atoms with E-state index in [9.17, 15) is 48.5 Å². The first kappa shape index (κ1) is 32.4. The summed E-state index contributed by atoms with van der Waals surface area (Å²) in [6, 6.07) is 3.90. The Morgan fingerprint density at radius 3 is 2.11 bits per heavy atom. The van der Waals surface area contributed by atoms with Crippen molar-refractivity contribution in [2.24, 2.45) is 0 Å². The van der Waals surface area contributed by atoms with Crippen LogP contribution in [-0.4, -0.2) is 70.6 Å². The topological polar surface area (TPSA) is 179 Å². The maximum absolute atomic E-state index is 13.9. The molecule has 2 aliphatic heterocycles. The van der Waals surface area contributed by atoms with E-state index >= 15 is 0 Å². The van der Waals surface area contributed by atoms with Gasteiger partial charge in [-0.2, -0.15) is 0 Å². The molecule has 19 heteroatoms. The molecule has 2 aromatic heterocycles. The average Bonchev–Trinajstić information content (AvgIpc) is 3.64. The van der Waals surface area contributed by atoms with Crippen LogP contribution in [0, 0.1) is 15.0 Å². The van der Waals surface area contributed by atoms with E-state index in [1.54, 1.807) is 6.92 Å². The summed E-state index contributed by atoms with van der Waals surface area (Å²) >= 11 is 8.80. The van der Waals surface area contributed by atoms with Gasteiger partial charge in [0.1, 0.15) is 48.5 Å². The number of benzene rings is 1. The zero-order valence-electron chi connectivity index (χ0n) is 22.7. The van der Waals surface area contributed by atoms with Crippen LogP contribution in [-0.2, 0) is 32.3 Å². The largest absolute Gasteiger partial charge is 0.480 e. The maximum Gasteiger partial charge on any atom is 0.323 e. The van der Waals surface area contributed by atoms with Crippen LogP contribution in [0.4, 0.5) is 10.1 Å². The van der Waals surface area contributed by atoms with E-state index in [1.807, 2.05) is 0 Å². The Balaban J connectivity index is 1.78. The van der Waals surface area contributed by atoms with E-state index < -0.39 is 60.4 Å². The van der Waals surface area contributed by atoms with E-state index in [1.165, 1.54) is 40.2 Å². The Bertz CT molecular complexity index is 2200. The molecule has 4 heterocycles. The van der Waals surface area contributed by atoms with Crippen LogP contribution in [0.3, 0.4) is 0 Å². The molecule has 0 spiro atoms. The highest BCUT2D eigenvalue weighted by Gasteiger charge is 2.33. The number of carboxylic acids is 3. The van der Waals surface area contributed by atoms with Gasteiger partial charge in [0, 0.05) is 11.4 Å². The van der Waals surface area contributed by atoms with Crippen molar-refractivity contribution in [3.63, 3.8) is 0 Å². The van der Waals surface area contributed by atoms with Gasteiger partial charge < -0.3 is 20.2 Å². The lowest BCUT2D eigenvalue weighted by Gasteiger charge is -2.17. The van der Waals surface area contributed by atoms with Crippen LogP contribution in [0.25, 0.3) is 11.0 Å². The first-order valence-electron chi connectivity index (χ1n) is 12.6. The molecular formula is C26H19FN4O9S5. The Morgan fingerprint density at radius 2 is 1.51 bits per heavy atom. The fourth-order valence-corrected chi connectivity index (χ4v) is 9.32. The summed E-state index contributed by atoms with van der Waals surface area (Å²) < 4.78 is 15.6. The van der Waals surface area contributed by atoms with Gasteiger partial charge in [-0.05, 0) is 37.3 Å². The number of hydrogen-bond acceptors (Lipinski definition) is 12. The summed E-state index contributed by atoms with van der Waals surface area (Å²) in [6.07, 6.45) is 2.77. The number of thiazole rings is 2. The number of allylic oxidation sites excluding steroid dienone is 1. The van der Waals surface area contributed by atoms with Gasteiger partial charge in [0.25, 0.3) is 17.0 Å². The number of anilines is 1. The van der Waals surface area contributed by atoms with Crippen molar-refractivity contribution < 1.29 is 38.9 Å². The molecule has 234 valence electrons. The second-order valence-corrected chi connectivity index (χ2v) is 13.9. The van der Waals surface area contributed by atoms with Gasteiger partial charge in [0.15, 0.2) is 0 Å². The Kier molecular flexibility index (Phi) is 9.17. The molecule has 1 fully saturated rings. The highest BCUT2D eigenvalue weighted by molar-refractivity contribution is 8.30. The summed E-state index contributed by atoms with van der Waals surface area (Å²) in [5.41, 5.74) is -1.30. The van der Waals surface area contributed by atoms with Gasteiger partial charge in [-0.25, -0.2) is 4.39 Å². The number of aromatic nitrogens is 2. The number of fused-ring (bicyclic) bond motifs is 1. The van der Waals surface area contributed by atoms with E-state index in [0.29, 0.717) is 15.6 Å². The number of thiocarbonyl (C=S) groups is 1. The van der Waals surface area contributed by atoms with Crippen LogP contribution in [0.5, 0.6) is 0 Å². The van der Waals surface area contributed by atoms with Crippen LogP contribution >= 0.6 is 58.4 Å². The molecule has 5 rings (SSSR count). The highest BCUT2D eigenvalue weighted by Crippen LogP contribution is 2.46. The quantitative estimate of drug-likeness (QED) is 0.283. The molecule has 1 amide bonds. The first-order chi connectivity index (χ1) is 21.3. The zero-order valence-corrected chi connectivity index (χ0v) is 26.8. The van der Waals surface area contributed by atoms with Crippen molar-refractivity contribution in [1.82, 2.24) is 14.0 Å². The molecule has 3 N–H and O–H groups in total. The Hall–Kier alpha value is -4.04. The Labute approximate surface area is 272 Å². The average molecular weight is 711 g/mol. The molecular weight excluding hydrogens is 692 g/mol. The third-order valence-electron chi connectivity index (χ3n) is 6.29. The number of aliphatic carboxylic acids is 3. The minimum absolute atomic E-state index is 0.00210. The minimum atomic E-state index is -1.39. The summed E-state index contributed by atoms with van der Waals surface area (Å²) in [7, 11) is 0. The van der Waals surface area contributed by atoms with Crippen LogP contribution in [0.15, 0.2) is 43.8 Å². The molecule has 45 heavy (non-hydrogen) atoms. The molecule has 1 aromatic carbocycles. The van der Waals surface area contributed by atoms with Crippen molar-refractivity contribution in [3.8, 4) is 0 Å². The van der Waals surface area contributed by atoms with E-state index in [2.05, 4.69) is 0 Å². The van der Waals surface area contributed by atoms with Crippen molar-refractivity contribution in [1.29, 1.82) is 0 Å². The van der Waals surface area contributed by atoms with Crippen LogP contribution in [0.1, 0.15) is 6.92 Å². The summed E-state index contributed by atoms with van der Waals surface area (Å²) in [5.74, 6) is -5.04. The summed E-state index contributed by atoms with van der Waals surface area (Å²) in [4.78, 5) is 78.3. The lowest BCUT2D eigenvalue weighted by molar-refractivity contribution is -0.138. The number of thioether (sulfide) groups is 2. The fraction of sp³-hybridized carbons (Fsp3) is 0.192. The highest BCUT2D eigenvalue weighted by atomic mass is 32.2. The van der Waals surface area contributed by atoms with Gasteiger partial charge in [-0.1, -0.05) is 35.7 Å². The van der Waals surface area contributed by atoms with Gasteiger partial charge >= 0.3 is 17.9 Å². The maximum atomic E-state index is 13.9. The number of carbonyl (C=O) groups is 4. The van der Waals surface area contributed by atoms with E-state index in [-0.39, 0.29) is 34.2 Å². The zero-order chi connectivity index (χ0) is 32.7. The first-order valence-corrected chi connectivity index (χ1v) is 16.3. The predicted molar refractivity (Wildman–Crippen MR) is 170 cm³/mol. The van der Waals surface area contributed by atoms with E-state index in [4.69, 9.17) is 12.2 Å². The van der Waals surface area contributed by atoms with Crippen LogP contribution < -0.4 is 25.2 Å². The van der Waals surface area contributed by atoms with Gasteiger partial charge in [0.05, 0.1) is 15.2 Å². The molecule has 0 aliphatic carbocycles. The second-order valence-electron chi connectivity index (χ2n) is 9.19. The second kappa shape index (κ2) is 12.8. The van der Waals surface area contributed by atoms with Crippen molar-refractivity contribution in [2.75, 3.05) is 18.0 Å². The molecule has 0 saturated carbocycles. The number of amides is 1. The molecule has 0 unspecified atom stereocenters. The fourth-order valence-electron chi connectivity index (χ4n) is 4.42. The molecule has 0 atom stereocenters.